The minimum atomic E-state index is -1.53. The molecule has 1 aliphatic rings. The quantitative estimate of drug-likeness (QED) is 0.206. The number of urea groups is 1. The van der Waals surface area contributed by atoms with Crippen LogP contribution in [-0.4, -0.2) is 51.5 Å². The van der Waals surface area contributed by atoms with E-state index in [0.717, 1.165) is 10.2 Å². The molecule has 2 aromatic heterocycles. The molecule has 0 unspecified atom stereocenters. The van der Waals surface area contributed by atoms with Crippen molar-refractivity contribution in [3.63, 3.8) is 0 Å². The number of amides is 2. The molecule has 0 bridgehead atoms. The van der Waals surface area contributed by atoms with E-state index < -0.39 is 12.1 Å². The predicted molar refractivity (Wildman–Crippen MR) is 150 cm³/mol. The fraction of sp³-hybridized carbons (Fsp3) is 0.0741. The first-order valence-corrected chi connectivity index (χ1v) is 13.5. The number of anilines is 2. The molecule has 11 nitrogen and oxygen atoms in total. The number of carbonyl (C=O) groups is 3. The summed E-state index contributed by atoms with van der Waals surface area (Å²) in [6, 6.07) is 18.4. The van der Waals surface area contributed by atoms with Gasteiger partial charge in [0.25, 0.3) is 0 Å². The summed E-state index contributed by atoms with van der Waals surface area (Å²) >= 11 is 2.55. The van der Waals surface area contributed by atoms with Gasteiger partial charge in [-0.3, -0.25) is 10.2 Å². The number of para-hydroxylation sites is 1. The zero-order valence-corrected chi connectivity index (χ0v) is 22.0. The standard InChI is InChI=1S/C27H18N4O7S2/c32-24(33)15-7-5-14(6-8-15)21-22(38-27(35)36)29-23(40-21)16-9-10-19-18(13-16)31(11-12-37-19)26(34)30-25-28-17-3-1-2-4-20(17)39-25/h1-10,13H,11-12H2,(H,32,33)(H,35,36)(H,28,30,34). The molecular formula is C27H18N4O7S2. The summed E-state index contributed by atoms with van der Waals surface area (Å²) in [7, 11) is 0. The molecule has 0 fully saturated rings. The minimum absolute atomic E-state index is 0.0908. The van der Waals surface area contributed by atoms with E-state index in [1.807, 2.05) is 24.3 Å². The molecule has 5 aromatic rings. The second-order valence-corrected chi connectivity index (χ2v) is 10.5. The highest BCUT2D eigenvalue weighted by molar-refractivity contribution is 7.22. The number of aromatic nitrogens is 2. The van der Waals surface area contributed by atoms with Gasteiger partial charge >= 0.3 is 18.2 Å². The van der Waals surface area contributed by atoms with Crippen LogP contribution >= 0.6 is 22.7 Å². The Balaban J connectivity index is 1.33. The first-order valence-electron chi connectivity index (χ1n) is 11.8. The monoisotopic (exact) mass is 574 g/mol. The summed E-state index contributed by atoms with van der Waals surface area (Å²) in [5, 5.41) is 22.2. The highest BCUT2D eigenvalue weighted by atomic mass is 32.1. The van der Waals surface area contributed by atoms with Gasteiger partial charge < -0.3 is 19.7 Å². The van der Waals surface area contributed by atoms with Gasteiger partial charge in [0, 0.05) is 5.56 Å². The Morgan fingerprint density at radius 3 is 2.48 bits per heavy atom. The number of carboxylic acids is 1. The maximum atomic E-state index is 13.3. The van der Waals surface area contributed by atoms with Crippen LogP contribution < -0.4 is 19.7 Å². The molecule has 0 radical (unpaired) electrons. The molecule has 1 aliphatic heterocycles. The van der Waals surface area contributed by atoms with E-state index >= 15 is 0 Å². The number of hydrogen-bond donors (Lipinski definition) is 3. The van der Waals surface area contributed by atoms with E-state index in [0.29, 0.717) is 50.7 Å². The van der Waals surface area contributed by atoms with Crippen molar-refractivity contribution in [3.8, 4) is 32.6 Å². The van der Waals surface area contributed by atoms with Crippen LogP contribution in [0.2, 0.25) is 0 Å². The van der Waals surface area contributed by atoms with Crippen molar-refractivity contribution in [2.45, 2.75) is 0 Å². The van der Waals surface area contributed by atoms with Crippen LogP contribution in [0.5, 0.6) is 11.6 Å². The largest absolute Gasteiger partial charge is 0.512 e. The van der Waals surface area contributed by atoms with Gasteiger partial charge in [-0.15, -0.1) is 11.3 Å². The van der Waals surface area contributed by atoms with Crippen molar-refractivity contribution >= 4 is 61.9 Å². The molecule has 0 saturated heterocycles. The molecule has 6 rings (SSSR count). The number of nitrogens with one attached hydrogen (secondary N) is 1. The average molecular weight is 575 g/mol. The molecular weight excluding hydrogens is 556 g/mol. The van der Waals surface area contributed by atoms with E-state index in [1.54, 1.807) is 35.2 Å². The van der Waals surface area contributed by atoms with Crippen LogP contribution in [0.3, 0.4) is 0 Å². The first-order chi connectivity index (χ1) is 19.4. The van der Waals surface area contributed by atoms with Gasteiger partial charge in [-0.2, -0.15) is 0 Å². The lowest BCUT2D eigenvalue weighted by atomic mass is 10.1. The van der Waals surface area contributed by atoms with E-state index in [2.05, 4.69) is 15.3 Å². The smallest absolute Gasteiger partial charge is 0.490 e. The van der Waals surface area contributed by atoms with Crippen molar-refractivity contribution in [2.24, 2.45) is 0 Å². The zero-order chi connectivity index (χ0) is 27.8. The topological polar surface area (TPSA) is 151 Å². The van der Waals surface area contributed by atoms with Gasteiger partial charge in [0.1, 0.15) is 17.4 Å². The molecule has 200 valence electrons. The van der Waals surface area contributed by atoms with Crippen LogP contribution in [-0.2, 0) is 0 Å². The fourth-order valence-corrected chi connectivity index (χ4v) is 6.03. The number of fused-ring (bicyclic) bond motifs is 2. The summed E-state index contributed by atoms with van der Waals surface area (Å²) < 4.78 is 11.7. The lowest BCUT2D eigenvalue weighted by Crippen LogP contribution is -2.40. The van der Waals surface area contributed by atoms with Gasteiger partial charge in [-0.05, 0) is 48.0 Å². The van der Waals surface area contributed by atoms with Crippen molar-refractivity contribution in [1.29, 1.82) is 0 Å². The van der Waals surface area contributed by atoms with E-state index in [4.69, 9.17) is 9.47 Å². The number of nitrogens with zero attached hydrogens (tertiary/aromatic N) is 3. The Labute approximate surface area is 233 Å². The molecule has 3 heterocycles. The molecule has 0 saturated carbocycles. The summed E-state index contributed by atoms with van der Waals surface area (Å²) in [5.41, 5.74) is 2.56. The maximum Gasteiger partial charge on any atom is 0.512 e. The Morgan fingerprint density at radius 1 is 0.950 bits per heavy atom. The molecule has 0 aliphatic carbocycles. The van der Waals surface area contributed by atoms with Crippen LogP contribution in [0.4, 0.5) is 20.4 Å². The van der Waals surface area contributed by atoms with E-state index in [1.165, 1.54) is 34.8 Å². The van der Waals surface area contributed by atoms with E-state index in [9.17, 15) is 24.6 Å². The highest BCUT2D eigenvalue weighted by Crippen LogP contribution is 2.43. The van der Waals surface area contributed by atoms with Crippen LogP contribution in [0.25, 0.3) is 31.2 Å². The number of benzene rings is 3. The Bertz CT molecular complexity index is 1750. The van der Waals surface area contributed by atoms with Gasteiger partial charge in [0.15, 0.2) is 5.13 Å². The Hall–Kier alpha value is -5.01. The number of carbonyl (C=O) groups excluding carboxylic acids is 1. The third-order valence-electron chi connectivity index (χ3n) is 6.00. The molecule has 3 N–H and O–H groups in total. The molecule has 40 heavy (non-hydrogen) atoms. The lowest BCUT2D eigenvalue weighted by molar-refractivity contribution is 0.0696. The summed E-state index contributed by atoms with van der Waals surface area (Å²) in [6.45, 7) is 0.615. The number of aromatic carboxylic acids is 1. The molecule has 0 spiro atoms. The molecule has 2 amide bonds. The molecule has 0 atom stereocenters. The van der Waals surface area contributed by atoms with Crippen molar-refractivity contribution < 1.29 is 34.1 Å². The van der Waals surface area contributed by atoms with Crippen LogP contribution in [0, 0.1) is 0 Å². The van der Waals surface area contributed by atoms with Gasteiger partial charge in [0.05, 0.1) is 32.9 Å². The van der Waals surface area contributed by atoms with Gasteiger partial charge in [-0.25, -0.2) is 24.4 Å². The Morgan fingerprint density at radius 2 is 1.73 bits per heavy atom. The lowest BCUT2D eigenvalue weighted by Gasteiger charge is -2.29. The predicted octanol–water partition coefficient (Wildman–Crippen LogP) is 6.27. The summed E-state index contributed by atoms with van der Waals surface area (Å²) in [5.74, 6) is -0.695. The summed E-state index contributed by atoms with van der Waals surface area (Å²) in [6.07, 6.45) is -1.53. The average Bonchev–Trinajstić information content (AvgIpc) is 3.55. The minimum Gasteiger partial charge on any atom is -0.490 e. The normalized spacial score (nSPS) is 12.4. The second kappa shape index (κ2) is 10.3. The van der Waals surface area contributed by atoms with Gasteiger partial charge in [-0.1, -0.05) is 35.6 Å². The van der Waals surface area contributed by atoms with Crippen LogP contribution in [0.15, 0.2) is 66.7 Å². The van der Waals surface area contributed by atoms with Crippen molar-refractivity contribution in [2.75, 3.05) is 23.4 Å². The SMILES string of the molecule is O=C(O)Oc1nc(-c2ccc3c(c2)N(C(=O)Nc2nc4ccccc4s2)CCO3)sc1-c1ccc(C(=O)O)cc1. The number of rotatable bonds is 5. The summed E-state index contributed by atoms with van der Waals surface area (Å²) in [4.78, 5) is 46.7. The van der Waals surface area contributed by atoms with Crippen LogP contribution in [0.1, 0.15) is 10.4 Å². The fourth-order valence-electron chi connectivity index (χ4n) is 4.17. The number of carboxylic acid groups (broad SMARTS) is 2. The number of ether oxygens (including phenoxy) is 2. The maximum absolute atomic E-state index is 13.3. The molecule has 3 aromatic carbocycles. The molecule has 13 heteroatoms. The second-order valence-electron chi connectivity index (χ2n) is 8.50. The van der Waals surface area contributed by atoms with E-state index in [-0.39, 0.29) is 17.5 Å². The van der Waals surface area contributed by atoms with Crippen molar-refractivity contribution in [3.05, 3.63) is 72.3 Å². The van der Waals surface area contributed by atoms with Gasteiger partial charge in [0.2, 0.25) is 5.88 Å². The first kappa shape index (κ1) is 25.3. The Kier molecular flexibility index (Phi) is 6.50. The number of hydrogen-bond acceptors (Lipinski definition) is 9. The number of thiazole rings is 2. The zero-order valence-electron chi connectivity index (χ0n) is 20.4. The third kappa shape index (κ3) is 4.90. The van der Waals surface area contributed by atoms with Crippen molar-refractivity contribution in [1.82, 2.24) is 9.97 Å². The third-order valence-corrected chi connectivity index (χ3v) is 8.08. The highest BCUT2D eigenvalue weighted by Gasteiger charge is 2.26.